The van der Waals surface area contributed by atoms with Gasteiger partial charge in [-0.05, 0) is 25.1 Å². The Labute approximate surface area is 142 Å². The summed E-state index contributed by atoms with van der Waals surface area (Å²) in [7, 11) is 0. The number of carbonyl (C=O) groups excluding carboxylic acids is 1. The Morgan fingerprint density at radius 3 is 2.88 bits per heavy atom. The summed E-state index contributed by atoms with van der Waals surface area (Å²) >= 11 is 0. The molecule has 1 amide bonds. The molecule has 128 valence electrons. The van der Waals surface area contributed by atoms with Crippen molar-refractivity contribution in [3.8, 4) is 5.88 Å². The minimum absolute atomic E-state index is 0.0373. The van der Waals surface area contributed by atoms with Crippen LogP contribution in [0.2, 0.25) is 0 Å². The average Bonchev–Trinajstić information content (AvgIpc) is 3.16. The Hall–Kier alpha value is -3.29. The molecule has 2 aromatic heterocycles. The van der Waals surface area contributed by atoms with Gasteiger partial charge in [0.25, 0.3) is 5.91 Å². The van der Waals surface area contributed by atoms with Gasteiger partial charge in [-0.15, -0.1) is 0 Å². The Morgan fingerprint density at radius 1 is 1.28 bits per heavy atom. The van der Waals surface area contributed by atoms with Crippen LogP contribution in [-0.4, -0.2) is 21.0 Å². The van der Waals surface area contributed by atoms with Gasteiger partial charge >= 0.3 is 0 Å². The summed E-state index contributed by atoms with van der Waals surface area (Å²) in [6, 6.07) is 8.99. The number of benzene rings is 1. The molecule has 8 heteroatoms. The van der Waals surface area contributed by atoms with Gasteiger partial charge < -0.3 is 14.6 Å². The van der Waals surface area contributed by atoms with Gasteiger partial charge in [-0.25, -0.2) is 9.37 Å². The molecule has 2 heterocycles. The zero-order valence-electron chi connectivity index (χ0n) is 13.3. The van der Waals surface area contributed by atoms with Crippen molar-refractivity contribution in [1.82, 2.24) is 20.4 Å². The number of aromatic nitrogens is 3. The maximum absolute atomic E-state index is 13.7. The summed E-state index contributed by atoms with van der Waals surface area (Å²) in [6.07, 6.45) is 2.68. The van der Waals surface area contributed by atoms with E-state index in [1.807, 2.05) is 0 Å². The van der Waals surface area contributed by atoms with Crippen LogP contribution in [0.4, 0.5) is 4.39 Å². The highest BCUT2D eigenvalue weighted by Gasteiger charge is 2.19. The van der Waals surface area contributed by atoms with E-state index in [-0.39, 0.29) is 23.9 Å². The molecule has 0 aliphatic carbocycles. The van der Waals surface area contributed by atoms with Gasteiger partial charge in [0, 0.05) is 11.8 Å². The molecule has 1 atom stereocenters. The van der Waals surface area contributed by atoms with Crippen LogP contribution in [0, 0.1) is 5.82 Å². The maximum Gasteiger partial charge on any atom is 0.257 e. The normalized spacial score (nSPS) is 11.8. The highest BCUT2D eigenvalue weighted by molar-refractivity contribution is 5.96. The molecule has 1 unspecified atom stereocenters. The van der Waals surface area contributed by atoms with E-state index < -0.39 is 11.9 Å². The van der Waals surface area contributed by atoms with Crippen LogP contribution in [0.15, 0.2) is 53.5 Å². The van der Waals surface area contributed by atoms with Gasteiger partial charge in [0.15, 0.2) is 5.82 Å². The van der Waals surface area contributed by atoms with Crippen LogP contribution in [0.3, 0.4) is 0 Å². The quantitative estimate of drug-likeness (QED) is 0.741. The van der Waals surface area contributed by atoms with Crippen LogP contribution in [0.5, 0.6) is 5.88 Å². The second-order valence-electron chi connectivity index (χ2n) is 5.22. The summed E-state index contributed by atoms with van der Waals surface area (Å²) in [6.45, 7) is 1.68. The zero-order chi connectivity index (χ0) is 17.6. The van der Waals surface area contributed by atoms with E-state index in [0.29, 0.717) is 11.4 Å². The van der Waals surface area contributed by atoms with Crippen molar-refractivity contribution < 1.29 is 18.4 Å². The van der Waals surface area contributed by atoms with E-state index in [1.165, 1.54) is 18.7 Å². The number of halogens is 1. The predicted molar refractivity (Wildman–Crippen MR) is 85.1 cm³/mol. The summed E-state index contributed by atoms with van der Waals surface area (Å²) in [5.41, 5.74) is 0.605. The average molecular weight is 342 g/mol. The SMILES string of the molecule is CC(NC(=O)c1cccnc1OCc1ccccc1F)c1ncon1. The predicted octanol–water partition coefficient (Wildman–Crippen LogP) is 2.67. The zero-order valence-corrected chi connectivity index (χ0v) is 13.3. The molecule has 0 spiro atoms. The first kappa shape index (κ1) is 16.6. The fourth-order valence-corrected chi connectivity index (χ4v) is 2.15. The lowest BCUT2D eigenvalue weighted by Gasteiger charge is -2.13. The monoisotopic (exact) mass is 342 g/mol. The number of pyridine rings is 1. The third-order valence-corrected chi connectivity index (χ3v) is 3.45. The fraction of sp³-hybridized carbons (Fsp3) is 0.176. The lowest BCUT2D eigenvalue weighted by molar-refractivity contribution is 0.0932. The van der Waals surface area contributed by atoms with Crippen LogP contribution >= 0.6 is 0 Å². The van der Waals surface area contributed by atoms with E-state index >= 15 is 0 Å². The van der Waals surface area contributed by atoms with Gasteiger partial charge in [-0.1, -0.05) is 23.4 Å². The van der Waals surface area contributed by atoms with Crippen molar-refractivity contribution in [3.05, 3.63) is 71.8 Å². The Morgan fingerprint density at radius 2 is 2.12 bits per heavy atom. The number of hydrogen-bond donors (Lipinski definition) is 1. The molecule has 7 nitrogen and oxygen atoms in total. The highest BCUT2D eigenvalue weighted by Crippen LogP contribution is 2.18. The van der Waals surface area contributed by atoms with Gasteiger partial charge in [0.2, 0.25) is 12.3 Å². The molecular weight excluding hydrogens is 327 g/mol. The lowest BCUT2D eigenvalue weighted by atomic mass is 10.2. The largest absolute Gasteiger partial charge is 0.472 e. The first-order chi connectivity index (χ1) is 12.1. The number of carbonyl (C=O) groups is 1. The molecule has 25 heavy (non-hydrogen) atoms. The molecule has 3 aromatic rings. The van der Waals surface area contributed by atoms with Crippen molar-refractivity contribution in [2.75, 3.05) is 0 Å². The molecule has 0 fully saturated rings. The molecule has 0 saturated carbocycles. The molecule has 0 saturated heterocycles. The van der Waals surface area contributed by atoms with Crippen LogP contribution in [-0.2, 0) is 6.61 Å². The van der Waals surface area contributed by atoms with Gasteiger partial charge in [0.05, 0.1) is 6.04 Å². The van der Waals surface area contributed by atoms with E-state index in [4.69, 9.17) is 4.74 Å². The third-order valence-electron chi connectivity index (χ3n) is 3.45. The van der Waals surface area contributed by atoms with Gasteiger partial charge in [-0.2, -0.15) is 4.98 Å². The van der Waals surface area contributed by atoms with Crippen molar-refractivity contribution in [2.24, 2.45) is 0 Å². The van der Waals surface area contributed by atoms with Crippen molar-refractivity contribution in [2.45, 2.75) is 19.6 Å². The Balaban J connectivity index is 1.72. The van der Waals surface area contributed by atoms with E-state index in [2.05, 4.69) is 25.0 Å². The molecule has 0 aliphatic heterocycles. The van der Waals surface area contributed by atoms with Crippen LogP contribution in [0.25, 0.3) is 0 Å². The fourth-order valence-electron chi connectivity index (χ4n) is 2.15. The topological polar surface area (TPSA) is 90.1 Å². The number of nitrogens with one attached hydrogen (secondary N) is 1. The van der Waals surface area contributed by atoms with Crippen molar-refractivity contribution >= 4 is 5.91 Å². The highest BCUT2D eigenvalue weighted by atomic mass is 19.1. The molecular formula is C17H15FN4O3. The Kier molecular flexibility index (Phi) is 4.98. The van der Waals surface area contributed by atoms with Crippen LogP contribution < -0.4 is 10.1 Å². The molecule has 1 N–H and O–H groups in total. The lowest BCUT2D eigenvalue weighted by Crippen LogP contribution is -2.28. The Bertz CT molecular complexity index is 855. The minimum Gasteiger partial charge on any atom is -0.472 e. The second-order valence-corrected chi connectivity index (χ2v) is 5.22. The molecule has 0 bridgehead atoms. The molecule has 3 rings (SSSR count). The minimum atomic E-state index is -0.453. The molecule has 0 radical (unpaired) electrons. The number of ether oxygens (including phenoxy) is 1. The first-order valence-electron chi connectivity index (χ1n) is 7.53. The van der Waals surface area contributed by atoms with Crippen molar-refractivity contribution in [3.63, 3.8) is 0 Å². The van der Waals surface area contributed by atoms with Crippen molar-refractivity contribution in [1.29, 1.82) is 0 Å². The maximum atomic E-state index is 13.7. The summed E-state index contributed by atoms with van der Waals surface area (Å²) in [5.74, 6) is -0.321. The first-order valence-corrected chi connectivity index (χ1v) is 7.53. The summed E-state index contributed by atoms with van der Waals surface area (Å²) in [4.78, 5) is 20.4. The summed E-state index contributed by atoms with van der Waals surface area (Å²) < 4.78 is 23.9. The second kappa shape index (κ2) is 7.52. The smallest absolute Gasteiger partial charge is 0.257 e. The van der Waals surface area contributed by atoms with Crippen LogP contribution in [0.1, 0.15) is 34.7 Å². The van der Waals surface area contributed by atoms with Gasteiger partial charge in [-0.3, -0.25) is 4.79 Å². The number of rotatable bonds is 6. The number of hydrogen-bond acceptors (Lipinski definition) is 6. The van der Waals surface area contributed by atoms with Gasteiger partial charge in [0.1, 0.15) is 18.0 Å². The third kappa shape index (κ3) is 3.97. The van der Waals surface area contributed by atoms with E-state index in [9.17, 15) is 9.18 Å². The van der Waals surface area contributed by atoms with E-state index in [0.717, 1.165) is 0 Å². The number of amides is 1. The molecule has 1 aromatic carbocycles. The summed E-state index contributed by atoms with van der Waals surface area (Å²) in [5, 5.41) is 6.41. The standard InChI is InChI=1S/C17H15FN4O3/c1-11(15-20-10-25-22-15)21-16(23)13-6-4-8-19-17(13)24-9-12-5-2-3-7-14(12)18/h2-8,10-11H,9H2,1H3,(H,21,23). The number of nitrogens with zero attached hydrogens (tertiary/aromatic N) is 3. The molecule has 0 aliphatic rings. The van der Waals surface area contributed by atoms with E-state index in [1.54, 1.807) is 37.3 Å².